The highest BCUT2D eigenvalue weighted by molar-refractivity contribution is 7.89. The SMILES string of the molecule is Cc1ccc(S(=O)(=O)N2CCCCC2)cc1NC(=O)COC(=O)c1ccc(F)cc1N. The molecule has 0 saturated carbocycles. The maximum atomic E-state index is 13.1. The van der Waals surface area contributed by atoms with Crippen molar-refractivity contribution in [2.45, 2.75) is 31.1 Å². The molecule has 0 unspecified atom stereocenters. The smallest absolute Gasteiger partial charge is 0.340 e. The van der Waals surface area contributed by atoms with Crippen molar-refractivity contribution < 1.29 is 27.1 Å². The summed E-state index contributed by atoms with van der Waals surface area (Å²) in [6, 6.07) is 7.73. The summed E-state index contributed by atoms with van der Waals surface area (Å²) in [5.41, 5.74) is 6.39. The first-order chi connectivity index (χ1) is 14.7. The highest BCUT2D eigenvalue weighted by Gasteiger charge is 2.26. The summed E-state index contributed by atoms with van der Waals surface area (Å²) < 4.78 is 45.2. The van der Waals surface area contributed by atoms with Gasteiger partial charge in [-0.05, 0) is 55.7 Å². The molecule has 1 fully saturated rings. The predicted molar refractivity (Wildman–Crippen MR) is 114 cm³/mol. The van der Waals surface area contributed by atoms with E-state index in [1.165, 1.54) is 22.5 Å². The molecular weight excluding hydrogens is 425 g/mol. The van der Waals surface area contributed by atoms with Gasteiger partial charge in [-0.2, -0.15) is 4.31 Å². The Morgan fingerprint density at radius 3 is 2.52 bits per heavy atom. The molecule has 1 saturated heterocycles. The number of nitrogens with two attached hydrogens (primary N) is 1. The largest absolute Gasteiger partial charge is 0.452 e. The van der Waals surface area contributed by atoms with Crippen LogP contribution in [0, 0.1) is 12.7 Å². The zero-order valence-electron chi connectivity index (χ0n) is 17.1. The first-order valence-electron chi connectivity index (χ1n) is 9.81. The number of halogens is 1. The average Bonchev–Trinajstić information content (AvgIpc) is 2.74. The molecule has 166 valence electrons. The number of piperidine rings is 1. The number of anilines is 2. The number of aryl methyl sites for hydroxylation is 1. The molecule has 1 aliphatic rings. The van der Waals surface area contributed by atoms with E-state index >= 15 is 0 Å². The summed E-state index contributed by atoms with van der Waals surface area (Å²) in [6.07, 6.45) is 2.64. The summed E-state index contributed by atoms with van der Waals surface area (Å²) in [4.78, 5) is 24.4. The van der Waals surface area contributed by atoms with E-state index < -0.39 is 34.3 Å². The van der Waals surface area contributed by atoms with Crippen molar-refractivity contribution in [3.8, 4) is 0 Å². The fraction of sp³-hybridized carbons (Fsp3) is 0.333. The van der Waals surface area contributed by atoms with Crippen molar-refractivity contribution in [3.63, 3.8) is 0 Å². The Kier molecular flexibility index (Phi) is 6.91. The second-order valence-electron chi connectivity index (χ2n) is 7.30. The van der Waals surface area contributed by atoms with Gasteiger partial charge in [-0.1, -0.05) is 12.5 Å². The molecule has 0 atom stereocenters. The molecule has 31 heavy (non-hydrogen) atoms. The Hall–Kier alpha value is -2.98. The average molecular weight is 450 g/mol. The van der Waals surface area contributed by atoms with Crippen molar-refractivity contribution in [2.75, 3.05) is 30.7 Å². The number of amides is 1. The van der Waals surface area contributed by atoms with Crippen LogP contribution in [0.2, 0.25) is 0 Å². The van der Waals surface area contributed by atoms with Crippen LogP contribution in [0.25, 0.3) is 0 Å². The molecule has 3 rings (SSSR count). The minimum Gasteiger partial charge on any atom is -0.452 e. The van der Waals surface area contributed by atoms with Crippen molar-refractivity contribution >= 4 is 33.3 Å². The third-order valence-corrected chi connectivity index (χ3v) is 6.90. The maximum Gasteiger partial charge on any atom is 0.340 e. The monoisotopic (exact) mass is 449 g/mol. The number of ether oxygens (including phenoxy) is 1. The Labute approximate surface area is 180 Å². The number of esters is 1. The van der Waals surface area contributed by atoms with Gasteiger partial charge in [0.25, 0.3) is 5.91 Å². The molecule has 8 nitrogen and oxygen atoms in total. The van der Waals surface area contributed by atoms with Crippen LogP contribution < -0.4 is 11.1 Å². The van der Waals surface area contributed by atoms with Gasteiger partial charge >= 0.3 is 5.97 Å². The van der Waals surface area contributed by atoms with Gasteiger partial charge in [0.15, 0.2) is 6.61 Å². The quantitative estimate of drug-likeness (QED) is 0.517. The number of carbonyl (C=O) groups excluding carboxylic acids is 2. The zero-order chi connectivity index (χ0) is 22.6. The van der Waals surface area contributed by atoms with Gasteiger partial charge in [-0.3, -0.25) is 4.79 Å². The summed E-state index contributed by atoms with van der Waals surface area (Å²) in [7, 11) is -3.65. The zero-order valence-corrected chi connectivity index (χ0v) is 17.9. The van der Waals surface area contributed by atoms with Crippen LogP contribution in [-0.2, 0) is 19.6 Å². The molecule has 1 aliphatic heterocycles. The third-order valence-electron chi connectivity index (χ3n) is 5.00. The lowest BCUT2D eigenvalue weighted by Gasteiger charge is -2.26. The first-order valence-corrected chi connectivity index (χ1v) is 11.3. The van der Waals surface area contributed by atoms with Gasteiger partial charge in [0.2, 0.25) is 10.0 Å². The summed E-state index contributed by atoms with van der Waals surface area (Å²) in [6.45, 7) is 2.05. The Morgan fingerprint density at radius 2 is 1.84 bits per heavy atom. The van der Waals surface area contributed by atoms with Crippen LogP contribution in [0.15, 0.2) is 41.3 Å². The van der Waals surface area contributed by atoms with Crippen molar-refractivity contribution in [2.24, 2.45) is 0 Å². The summed E-state index contributed by atoms with van der Waals surface area (Å²) in [5, 5.41) is 2.57. The van der Waals surface area contributed by atoms with Crippen LogP contribution in [-0.4, -0.2) is 44.3 Å². The number of hydrogen-bond acceptors (Lipinski definition) is 6. The molecule has 10 heteroatoms. The van der Waals surface area contributed by atoms with Crippen LogP contribution in [0.1, 0.15) is 35.2 Å². The van der Waals surface area contributed by atoms with Gasteiger partial charge in [-0.15, -0.1) is 0 Å². The number of hydrogen-bond donors (Lipinski definition) is 2. The van der Waals surface area contributed by atoms with Crippen LogP contribution >= 0.6 is 0 Å². The second-order valence-corrected chi connectivity index (χ2v) is 9.24. The molecule has 1 heterocycles. The van der Waals surface area contributed by atoms with E-state index in [1.807, 2.05) is 0 Å². The Balaban J connectivity index is 1.67. The van der Waals surface area contributed by atoms with E-state index in [9.17, 15) is 22.4 Å². The van der Waals surface area contributed by atoms with E-state index in [0.717, 1.165) is 31.4 Å². The molecule has 0 aliphatic carbocycles. The first kappa shape index (κ1) is 22.7. The predicted octanol–water partition coefficient (Wildman–Crippen LogP) is 2.69. The highest BCUT2D eigenvalue weighted by atomic mass is 32.2. The molecule has 1 amide bonds. The lowest BCUT2D eigenvalue weighted by Crippen LogP contribution is -2.35. The van der Waals surface area contributed by atoms with E-state index in [2.05, 4.69) is 5.32 Å². The molecule has 0 spiro atoms. The topological polar surface area (TPSA) is 119 Å². The number of nitrogens with zero attached hydrogens (tertiary/aromatic N) is 1. The third kappa shape index (κ3) is 5.39. The van der Waals surface area contributed by atoms with E-state index in [-0.39, 0.29) is 16.1 Å². The number of benzene rings is 2. The van der Waals surface area contributed by atoms with Gasteiger partial charge < -0.3 is 15.8 Å². The highest BCUT2D eigenvalue weighted by Crippen LogP contribution is 2.25. The minimum absolute atomic E-state index is 0.0556. The number of sulfonamides is 1. The molecular formula is C21H24FN3O5S. The van der Waals surface area contributed by atoms with Crippen LogP contribution in [0.4, 0.5) is 15.8 Å². The molecule has 0 aromatic heterocycles. The molecule has 0 radical (unpaired) electrons. The second kappa shape index (κ2) is 9.44. The minimum atomic E-state index is -3.65. The normalized spacial score (nSPS) is 14.8. The van der Waals surface area contributed by atoms with Crippen molar-refractivity contribution in [1.82, 2.24) is 4.31 Å². The number of carbonyl (C=O) groups is 2. The van der Waals surface area contributed by atoms with Gasteiger partial charge in [0.1, 0.15) is 5.82 Å². The maximum absolute atomic E-state index is 13.1. The Morgan fingerprint density at radius 1 is 1.13 bits per heavy atom. The molecule has 2 aromatic carbocycles. The number of rotatable bonds is 6. The summed E-state index contributed by atoms with van der Waals surface area (Å²) >= 11 is 0. The number of nitrogens with one attached hydrogen (secondary N) is 1. The molecule has 2 aromatic rings. The van der Waals surface area contributed by atoms with E-state index in [4.69, 9.17) is 10.5 Å². The molecule has 3 N–H and O–H groups in total. The van der Waals surface area contributed by atoms with Crippen molar-refractivity contribution in [3.05, 3.63) is 53.3 Å². The van der Waals surface area contributed by atoms with Gasteiger partial charge in [0.05, 0.1) is 10.5 Å². The Bertz CT molecular complexity index is 1100. The van der Waals surface area contributed by atoms with E-state index in [0.29, 0.717) is 24.3 Å². The van der Waals surface area contributed by atoms with E-state index in [1.54, 1.807) is 13.0 Å². The fourth-order valence-corrected chi connectivity index (χ4v) is 4.81. The lowest BCUT2D eigenvalue weighted by molar-refractivity contribution is -0.119. The van der Waals surface area contributed by atoms with Crippen LogP contribution in [0.5, 0.6) is 0 Å². The van der Waals surface area contributed by atoms with Crippen molar-refractivity contribution in [1.29, 1.82) is 0 Å². The lowest BCUT2D eigenvalue weighted by atomic mass is 10.2. The van der Waals surface area contributed by atoms with Gasteiger partial charge in [-0.25, -0.2) is 17.6 Å². The standard InChI is InChI=1S/C21H24FN3O5S/c1-14-5-7-16(31(28,29)25-9-3-2-4-10-25)12-19(14)24-20(26)13-30-21(27)17-8-6-15(22)11-18(17)23/h5-8,11-12H,2-4,9-10,13,23H2,1H3,(H,24,26). The number of nitrogen functional groups attached to an aromatic ring is 1. The van der Waals surface area contributed by atoms with Crippen LogP contribution in [0.3, 0.4) is 0 Å². The van der Waals surface area contributed by atoms with Gasteiger partial charge in [0, 0.05) is 24.5 Å². The summed E-state index contributed by atoms with van der Waals surface area (Å²) in [5.74, 6) is -2.11. The fourth-order valence-electron chi connectivity index (χ4n) is 3.27. The molecule has 0 bridgehead atoms.